The van der Waals surface area contributed by atoms with Gasteiger partial charge in [0.25, 0.3) is 0 Å². The Morgan fingerprint density at radius 3 is 2.00 bits per heavy atom. The van der Waals surface area contributed by atoms with Crippen LogP contribution in [0.1, 0.15) is 13.3 Å². The minimum absolute atomic E-state index is 0.113. The molecule has 3 N–H and O–H groups in total. The van der Waals surface area contributed by atoms with Crippen molar-refractivity contribution in [2.45, 2.75) is 25.5 Å². The lowest BCUT2D eigenvalue weighted by molar-refractivity contribution is -0.918. The Hall–Kier alpha value is -0.160. The Labute approximate surface area is 80.0 Å². The van der Waals surface area contributed by atoms with Gasteiger partial charge >= 0.3 is 0 Å². The molecular weight excluding hydrogens is 170 g/mol. The van der Waals surface area contributed by atoms with Crippen molar-refractivity contribution in [2.24, 2.45) is 0 Å². The van der Waals surface area contributed by atoms with E-state index in [1.165, 1.54) is 0 Å². The number of aliphatic hydroxyl groups excluding tert-OH is 3. The molecule has 0 aromatic rings. The lowest BCUT2D eigenvalue weighted by Crippen LogP contribution is -2.54. The summed E-state index contributed by atoms with van der Waals surface area (Å²) < 4.78 is 0.536. The quantitative estimate of drug-likeness (QED) is 0.482. The Morgan fingerprint density at radius 1 is 1.15 bits per heavy atom. The van der Waals surface area contributed by atoms with E-state index in [0.29, 0.717) is 11.0 Å². The Morgan fingerprint density at radius 2 is 1.69 bits per heavy atom. The van der Waals surface area contributed by atoms with Gasteiger partial charge in [-0.25, -0.2) is 0 Å². The van der Waals surface area contributed by atoms with E-state index in [-0.39, 0.29) is 19.3 Å². The number of quaternary nitrogens is 1. The monoisotopic (exact) mass is 192 g/mol. The normalized spacial score (nSPS) is 17.1. The van der Waals surface area contributed by atoms with Crippen LogP contribution in [0.4, 0.5) is 0 Å². The van der Waals surface area contributed by atoms with Crippen molar-refractivity contribution in [3.8, 4) is 0 Å². The molecule has 0 radical (unpaired) electrons. The number of hydrogen-bond donors (Lipinski definition) is 3. The molecule has 0 saturated carbocycles. The first kappa shape index (κ1) is 12.8. The molecule has 0 heterocycles. The molecule has 2 unspecified atom stereocenters. The van der Waals surface area contributed by atoms with Crippen molar-refractivity contribution < 1.29 is 19.8 Å². The fourth-order valence-electron chi connectivity index (χ4n) is 1.59. The summed E-state index contributed by atoms with van der Waals surface area (Å²) in [5.74, 6) is 0. The van der Waals surface area contributed by atoms with E-state index >= 15 is 0 Å². The van der Waals surface area contributed by atoms with E-state index in [1.54, 1.807) is 0 Å². The average molecular weight is 192 g/mol. The fraction of sp³-hybridized carbons (Fsp3) is 1.00. The zero-order valence-electron chi connectivity index (χ0n) is 8.77. The highest BCUT2D eigenvalue weighted by molar-refractivity contribution is 4.57. The maximum Gasteiger partial charge on any atom is 0.126 e. The molecule has 0 aliphatic rings. The third-order valence-electron chi connectivity index (χ3n) is 2.56. The van der Waals surface area contributed by atoms with Crippen LogP contribution in [0.25, 0.3) is 0 Å². The minimum atomic E-state index is -0.699. The molecule has 0 spiro atoms. The van der Waals surface area contributed by atoms with Gasteiger partial charge in [0, 0.05) is 0 Å². The second-order valence-electron chi connectivity index (χ2n) is 4.04. The standard InChI is InChI=1S/C9H22NO3/c1-4-8(6-11)10(2,3)5-9(13)7-12/h8-9,11-13H,4-7H2,1-3H3/q+1. The summed E-state index contributed by atoms with van der Waals surface area (Å²) >= 11 is 0. The number of nitrogens with zero attached hydrogens (tertiary/aromatic N) is 1. The predicted octanol–water partition coefficient (Wildman–Crippen LogP) is -0.813. The molecule has 0 aromatic heterocycles. The van der Waals surface area contributed by atoms with Gasteiger partial charge in [-0.05, 0) is 6.42 Å². The van der Waals surface area contributed by atoms with Gasteiger partial charge in [0.05, 0.1) is 27.3 Å². The van der Waals surface area contributed by atoms with Gasteiger partial charge in [0.1, 0.15) is 18.7 Å². The van der Waals surface area contributed by atoms with Gasteiger partial charge in [-0.2, -0.15) is 0 Å². The van der Waals surface area contributed by atoms with Gasteiger partial charge in [0.2, 0.25) is 0 Å². The van der Waals surface area contributed by atoms with E-state index in [1.807, 2.05) is 21.0 Å². The van der Waals surface area contributed by atoms with E-state index in [9.17, 15) is 5.11 Å². The summed E-state index contributed by atoms with van der Waals surface area (Å²) in [6.45, 7) is 2.37. The molecule has 0 aromatic carbocycles. The van der Waals surface area contributed by atoms with Crippen LogP contribution >= 0.6 is 0 Å². The smallest absolute Gasteiger partial charge is 0.126 e. The van der Waals surface area contributed by atoms with E-state index in [4.69, 9.17) is 10.2 Å². The van der Waals surface area contributed by atoms with E-state index in [0.717, 1.165) is 6.42 Å². The molecule has 0 aliphatic heterocycles. The largest absolute Gasteiger partial charge is 0.393 e. The number of likely N-dealkylation sites (N-methyl/N-ethyl adjacent to an activating group) is 1. The molecule has 4 heteroatoms. The molecular formula is C9H22NO3+. The van der Waals surface area contributed by atoms with Crippen LogP contribution in [0.3, 0.4) is 0 Å². The summed E-state index contributed by atoms with van der Waals surface area (Å²) in [5.41, 5.74) is 0. The van der Waals surface area contributed by atoms with Gasteiger partial charge in [-0.1, -0.05) is 6.92 Å². The molecule has 0 amide bonds. The summed E-state index contributed by atoms with van der Waals surface area (Å²) in [7, 11) is 3.90. The second-order valence-corrected chi connectivity index (χ2v) is 4.04. The predicted molar refractivity (Wildman–Crippen MR) is 51.2 cm³/mol. The van der Waals surface area contributed by atoms with Crippen molar-refractivity contribution in [3.05, 3.63) is 0 Å². The molecule has 0 fully saturated rings. The SMILES string of the molecule is CCC(CO)[N+](C)(C)CC(O)CO. The third-order valence-corrected chi connectivity index (χ3v) is 2.56. The van der Waals surface area contributed by atoms with Crippen molar-refractivity contribution in [1.29, 1.82) is 0 Å². The summed E-state index contributed by atoms with van der Waals surface area (Å²) in [4.78, 5) is 0. The summed E-state index contributed by atoms with van der Waals surface area (Å²) in [5, 5.41) is 27.1. The maximum atomic E-state index is 9.29. The lowest BCUT2D eigenvalue weighted by atomic mass is 10.1. The lowest BCUT2D eigenvalue weighted by Gasteiger charge is -2.37. The molecule has 0 bridgehead atoms. The van der Waals surface area contributed by atoms with Crippen molar-refractivity contribution in [1.82, 2.24) is 0 Å². The number of aliphatic hydroxyl groups is 3. The van der Waals surface area contributed by atoms with Crippen LogP contribution < -0.4 is 0 Å². The summed E-state index contributed by atoms with van der Waals surface area (Å²) in [6.07, 6.45) is 0.164. The van der Waals surface area contributed by atoms with Crippen LogP contribution in [0.5, 0.6) is 0 Å². The third kappa shape index (κ3) is 4.04. The van der Waals surface area contributed by atoms with E-state index in [2.05, 4.69) is 0 Å². The Bertz CT molecular complexity index is 135. The molecule has 0 rings (SSSR count). The van der Waals surface area contributed by atoms with Crippen LogP contribution in [-0.4, -0.2) is 65.8 Å². The van der Waals surface area contributed by atoms with Crippen LogP contribution in [0.2, 0.25) is 0 Å². The molecule has 0 saturated heterocycles. The highest BCUT2D eigenvalue weighted by Gasteiger charge is 2.28. The molecule has 2 atom stereocenters. The van der Waals surface area contributed by atoms with Gasteiger partial charge in [0.15, 0.2) is 0 Å². The topological polar surface area (TPSA) is 60.7 Å². The average Bonchev–Trinajstić information content (AvgIpc) is 2.05. The van der Waals surface area contributed by atoms with Crippen LogP contribution in [0.15, 0.2) is 0 Å². The van der Waals surface area contributed by atoms with E-state index < -0.39 is 6.10 Å². The van der Waals surface area contributed by atoms with Crippen LogP contribution in [0, 0.1) is 0 Å². The Balaban J connectivity index is 4.18. The van der Waals surface area contributed by atoms with Gasteiger partial charge < -0.3 is 19.8 Å². The fourth-order valence-corrected chi connectivity index (χ4v) is 1.59. The van der Waals surface area contributed by atoms with Crippen molar-refractivity contribution in [2.75, 3.05) is 33.9 Å². The maximum absolute atomic E-state index is 9.29. The first-order valence-corrected chi connectivity index (χ1v) is 4.70. The zero-order chi connectivity index (χ0) is 10.5. The first-order valence-electron chi connectivity index (χ1n) is 4.70. The number of rotatable bonds is 6. The van der Waals surface area contributed by atoms with Crippen molar-refractivity contribution in [3.63, 3.8) is 0 Å². The molecule has 80 valence electrons. The highest BCUT2D eigenvalue weighted by Crippen LogP contribution is 2.10. The number of hydrogen-bond acceptors (Lipinski definition) is 3. The molecule has 0 aliphatic carbocycles. The van der Waals surface area contributed by atoms with Gasteiger partial charge in [-0.15, -0.1) is 0 Å². The second kappa shape index (κ2) is 5.54. The zero-order valence-corrected chi connectivity index (χ0v) is 8.77. The molecule has 13 heavy (non-hydrogen) atoms. The van der Waals surface area contributed by atoms with Crippen LogP contribution in [-0.2, 0) is 0 Å². The highest BCUT2D eigenvalue weighted by atomic mass is 16.3. The summed E-state index contributed by atoms with van der Waals surface area (Å²) in [6, 6.07) is 0.126. The minimum Gasteiger partial charge on any atom is -0.393 e. The van der Waals surface area contributed by atoms with Crippen molar-refractivity contribution >= 4 is 0 Å². The Kier molecular flexibility index (Phi) is 5.48. The van der Waals surface area contributed by atoms with Gasteiger partial charge in [-0.3, -0.25) is 0 Å². The molecule has 4 nitrogen and oxygen atoms in total. The first-order chi connectivity index (χ1) is 5.97.